The van der Waals surface area contributed by atoms with Crippen molar-refractivity contribution in [2.75, 3.05) is 18.2 Å². The molecule has 3 N–H and O–H groups in total. The van der Waals surface area contributed by atoms with Crippen LogP contribution in [0.1, 0.15) is 26.4 Å². The molecule has 0 aliphatic rings. The molecule has 6 nitrogen and oxygen atoms in total. The fourth-order valence-electron chi connectivity index (χ4n) is 1.89. The minimum absolute atomic E-state index is 0.139. The zero-order valence-corrected chi connectivity index (χ0v) is 11.7. The molecule has 1 aromatic heterocycles. The third-order valence-electron chi connectivity index (χ3n) is 3.04. The SMILES string of the molecule is COC(=O)c1cccc(NC(=O)c2ncccc2N)c1C. The van der Waals surface area contributed by atoms with Crippen LogP contribution in [0.3, 0.4) is 0 Å². The van der Waals surface area contributed by atoms with Crippen molar-refractivity contribution in [2.24, 2.45) is 0 Å². The largest absolute Gasteiger partial charge is 0.465 e. The predicted molar refractivity (Wildman–Crippen MR) is 79.1 cm³/mol. The first-order chi connectivity index (χ1) is 10.0. The highest BCUT2D eigenvalue weighted by Crippen LogP contribution is 2.21. The van der Waals surface area contributed by atoms with Gasteiger partial charge in [0.2, 0.25) is 0 Å². The molecular formula is C15H15N3O3. The molecule has 2 rings (SSSR count). The van der Waals surface area contributed by atoms with Gasteiger partial charge in [0.15, 0.2) is 5.69 Å². The minimum atomic E-state index is -0.457. The molecule has 0 unspecified atom stereocenters. The van der Waals surface area contributed by atoms with Crippen LogP contribution in [0, 0.1) is 6.92 Å². The summed E-state index contributed by atoms with van der Waals surface area (Å²) in [5, 5.41) is 2.70. The minimum Gasteiger partial charge on any atom is -0.465 e. The second-order valence-corrected chi connectivity index (χ2v) is 4.37. The molecule has 0 radical (unpaired) electrons. The van der Waals surface area contributed by atoms with Crippen molar-refractivity contribution in [1.29, 1.82) is 0 Å². The predicted octanol–water partition coefficient (Wildman–Crippen LogP) is 2.01. The summed E-state index contributed by atoms with van der Waals surface area (Å²) in [5.41, 5.74) is 7.66. The number of carbonyl (C=O) groups excluding carboxylic acids is 2. The highest BCUT2D eigenvalue weighted by molar-refractivity contribution is 6.07. The Hall–Kier alpha value is -2.89. The van der Waals surface area contributed by atoms with Gasteiger partial charge in [-0.05, 0) is 36.8 Å². The number of ether oxygens (including phenoxy) is 1. The van der Waals surface area contributed by atoms with Gasteiger partial charge in [-0.25, -0.2) is 9.78 Å². The zero-order valence-electron chi connectivity index (χ0n) is 11.7. The van der Waals surface area contributed by atoms with Crippen molar-refractivity contribution in [3.63, 3.8) is 0 Å². The standard InChI is InChI=1S/C15H15N3O3/c1-9-10(15(20)21-2)5-3-7-12(9)18-14(19)13-11(16)6-4-8-17-13/h3-8H,16H2,1-2H3,(H,18,19). The van der Waals surface area contributed by atoms with Crippen LogP contribution in [0.15, 0.2) is 36.5 Å². The van der Waals surface area contributed by atoms with Gasteiger partial charge in [-0.3, -0.25) is 4.79 Å². The van der Waals surface area contributed by atoms with Crippen molar-refractivity contribution < 1.29 is 14.3 Å². The summed E-state index contributed by atoms with van der Waals surface area (Å²) in [6.45, 7) is 1.73. The van der Waals surface area contributed by atoms with Gasteiger partial charge < -0.3 is 15.8 Å². The number of nitrogens with zero attached hydrogens (tertiary/aromatic N) is 1. The number of esters is 1. The topological polar surface area (TPSA) is 94.3 Å². The van der Waals surface area contributed by atoms with Crippen LogP contribution in [0.2, 0.25) is 0 Å². The number of benzene rings is 1. The molecule has 108 valence electrons. The smallest absolute Gasteiger partial charge is 0.338 e. The maximum atomic E-state index is 12.2. The van der Waals surface area contributed by atoms with Crippen LogP contribution in [0.5, 0.6) is 0 Å². The molecule has 1 aromatic carbocycles. The molecule has 0 saturated carbocycles. The molecular weight excluding hydrogens is 270 g/mol. The summed E-state index contributed by atoms with van der Waals surface area (Å²) < 4.78 is 4.70. The number of methoxy groups -OCH3 is 1. The Morgan fingerprint density at radius 3 is 2.67 bits per heavy atom. The third kappa shape index (κ3) is 3.00. The first-order valence-electron chi connectivity index (χ1n) is 6.24. The number of hydrogen-bond donors (Lipinski definition) is 2. The summed E-state index contributed by atoms with van der Waals surface area (Å²) in [4.78, 5) is 27.7. The number of nitrogen functional groups attached to an aromatic ring is 1. The second-order valence-electron chi connectivity index (χ2n) is 4.37. The lowest BCUT2D eigenvalue weighted by Crippen LogP contribution is -2.17. The Bertz CT molecular complexity index is 698. The van der Waals surface area contributed by atoms with Gasteiger partial charge in [-0.1, -0.05) is 6.07 Å². The number of nitrogens with one attached hydrogen (secondary N) is 1. The molecule has 0 aliphatic carbocycles. The lowest BCUT2D eigenvalue weighted by Gasteiger charge is -2.11. The van der Waals surface area contributed by atoms with E-state index in [1.54, 1.807) is 37.3 Å². The van der Waals surface area contributed by atoms with E-state index < -0.39 is 11.9 Å². The average molecular weight is 285 g/mol. The number of hydrogen-bond acceptors (Lipinski definition) is 5. The Morgan fingerprint density at radius 2 is 2.00 bits per heavy atom. The van der Waals surface area contributed by atoms with Crippen LogP contribution in [0.4, 0.5) is 11.4 Å². The number of nitrogens with two attached hydrogens (primary N) is 1. The molecule has 0 bridgehead atoms. The molecule has 0 spiro atoms. The average Bonchev–Trinajstić information content (AvgIpc) is 2.49. The normalized spacial score (nSPS) is 10.0. The quantitative estimate of drug-likeness (QED) is 0.841. The van der Waals surface area contributed by atoms with Crippen LogP contribution < -0.4 is 11.1 Å². The number of aromatic nitrogens is 1. The van der Waals surface area contributed by atoms with E-state index in [-0.39, 0.29) is 11.4 Å². The number of rotatable bonds is 3. The Balaban J connectivity index is 2.30. The molecule has 0 atom stereocenters. The van der Waals surface area contributed by atoms with E-state index in [9.17, 15) is 9.59 Å². The summed E-state index contributed by atoms with van der Waals surface area (Å²) in [6.07, 6.45) is 1.49. The number of amides is 1. The van der Waals surface area contributed by atoms with Crippen molar-refractivity contribution >= 4 is 23.3 Å². The number of pyridine rings is 1. The lowest BCUT2D eigenvalue weighted by molar-refractivity contribution is 0.0599. The Labute approximate surface area is 121 Å². The van der Waals surface area contributed by atoms with E-state index in [1.807, 2.05) is 0 Å². The van der Waals surface area contributed by atoms with Crippen LogP contribution in [-0.4, -0.2) is 24.0 Å². The van der Waals surface area contributed by atoms with Crippen LogP contribution in [-0.2, 0) is 4.74 Å². The van der Waals surface area contributed by atoms with E-state index in [0.29, 0.717) is 16.8 Å². The summed E-state index contributed by atoms with van der Waals surface area (Å²) in [6, 6.07) is 8.23. The van der Waals surface area contributed by atoms with Gasteiger partial charge in [-0.2, -0.15) is 0 Å². The van der Waals surface area contributed by atoms with Gasteiger partial charge in [0.25, 0.3) is 5.91 Å². The molecule has 1 heterocycles. The molecule has 0 aliphatic heterocycles. The number of anilines is 2. The monoisotopic (exact) mass is 285 g/mol. The summed E-state index contributed by atoms with van der Waals surface area (Å²) in [5.74, 6) is -0.890. The Morgan fingerprint density at radius 1 is 1.24 bits per heavy atom. The van der Waals surface area contributed by atoms with E-state index in [4.69, 9.17) is 10.5 Å². The molecule has 2 aromatic rings. The van der Waals surface area contributed by atoms with E-state index in [2.05, 4.69) is 10.3 Å². The maximum Gasteiger partial charge on any atom is 0.338 e. The van der Waals surface area contributed by atoms with Crippen molar-refractivity contribution in [3.05, 3.63) is 53.3 Å². The van der Waals surface area contributed by atoms with E-state index >= 15 is 0 Å². The van der Waals surface area contributed by atoms with Crippen molar-refractivity contribution in [1.82, 2.24) is 4.98 Å². The fourth-order valence-corrected chi connectivity index (χ4v) is 1.89. The highest BCUT2D eigenvalue weighted by Gasteiger charge is 2.15. The molecule has 0 fully saturated rings. The third-order valence-corrected chi connectivity index (χ3v) is 3.04. The Kier molecular flexibility index (Phi) is 4.18. The first kappa shape index (κ1) is 14.5. The summed E-state index contributed by atoms with van der Waals surface area (Å²) in [7, 11) is 1.31. The van der Waals surface area contributed by atoms with Crippen molar-refractivity contribution in [3.8, 4) is 0 Å². The molecule has 1 amide bonds. The lowest BCUT2D eigenvalue weighted by atomic mass is 10.1. The molecule has 0 saturated heterocycles. The molecule has 21 heavy (non-hydrogen) atoms. The van der Waals surface area contributed by atoms with Gasteiger partial charge in [0.1, 0.15) is 0 Å². The van der Waals surface area contributed by atoms with Gasteiger partial charge in [0.05, 0.1) is 18.4 Å². The zero-order chi connectivity index (χ0) is 15.4. The highest BCUT2D eigenvalue weighted by atomic mass is 16.5. The van der Waals surface area contributed by atoms with Gasteiger partial charge in [0, 0.05) is 11.9 Å². The second kappa shape index (κ2) is 6.04. The van der Waals surface area contributed by atoms with Gasteiger partial charge in [-0.15, -0.1) is 0 Å². The van der Waals surface area contributed by atoms with Crippen molar-refractivity contribution in [2.45, 2.75) is 6.92 Å². The maximum absolute atomic E-state index is 12.2. The van der Waals surface area contributed by atoms with Gasteiger partial charge >= 0.3 is 5.97 Å². The van der Waals surface area contributed by atoms with Crippen LogP contribution in [0.25, 0.3) is 0 Å². The van der Waals surface area contributed by atoms with E-state index in [0.717, 1.165) is 0 Å². The van der Waals surface area contributed by atoms with E-state index in [1.165, 1.54) is 13.3 Å². The number of carbonyl (C=O) groups is 2. The fraction of sp³-hybridized carbons (Fsp3) is 0.133. The van der Waals surface area contributed by atoms with Crippen LogP contribution >= 0.6 is 0 Å². The summed E-state index contributed by atoms with van der Waals surface area (Å²) >= 11 is 0. The molecule has 6 heteroatoms. The first-order valence-corrected chi connectivity index (χ1v) is 6.24.